The van der Waals surface area contributed by atoms with Crippen molar-refractivity contribution in [1.82, 2.24) is 0 Å². The quantitative estimate of drug-likeness (QED) is 0.850. The highest BCUT2D eigenvalue weighted by Gasteiger charge is 2.19. The van der Waals surface area contributed by atoms with E-state index in [1.54, 1.807) is 0 Å². The van der Waals surface area contributed by atoms with Gasteiger partial charge in [-0.2, -0.15) is 11.8 Å². The monoisotopic (exact) mass is 279 g/mol. The van der Waals surface area contributed by atoms with Gasteiger partial charge >= 0.3 is 0 Å². The van der Waals surface area contributed by atoms with E-state index in [0.29, 0.717) is 6.54 Å². The molecule has 3 heteroatoms. The van der Waals surface area contributed by atoms with Crippen LogP contribution in [0.5, 0.6) is 0 Å². The number of thiophene rings is 1. The maximum atomic E-state index is 5.43. The summed E-state index contributed by atoms with van der Waals surface area (Å²) in [4.78, 5) is 1.42. The van der Waals surface area contributed by atoms with Crippen LogP contribution in [-0.2, 0) is 5.75 Å². The van der Waals surface area contributed by atoms with Gasteiger partial charge in [-0.25, -0.2) is 0 Å². The normalized spacial score (nSPS) is 23.4. The Morgan fingerprint density at radius 2 is 2.39 bits per heavy atom. The third kappa shape index (κ3) is 4.05. The Labute approximate surface area is 119 Å². The fourth-order valence-electron chi connectivity index (χ4n) is 2.43. The summed E-state index contributed by atoms with van der Waals surface area (Å²) >= 11 is 3.94. The van der Waals surface area contributed by atoms with Crippen molar-refractivity contribution in [3.63, 3.8) is 0 Å². The van der Waals surface area contributed by atoms with E-state index in [0.717, 1.165) is 16.9 Å². The molecule has 1 heterocycles. The molecular formula is C15H21NS2. The van der Waals surface area contributed by atoms with Crippen LogP contribution in [0.15, 0.2) is 11.4 Å². The first-order chi connectivity index (χ1) is 8.79. The topological polar surface area (TPSA) is 26.0 Å². The zero-order chi connectivity index (χ0) is 12.8. The van der Waals surface area contributed by atoms with Gasteiger partial charge in [-0.1, -0.05) is 31.6 Å². The van der Waals surface area contributed by atoms with Crippen LogP contribution < -0.4 is 5.73 Å². The number of hydrogen-bond donors (Lipinski definition) is 1. The van der Waals surface area contributed by atoms with Crippen molar-refractivity contribution in [3.05, 3.63) is 21.9 Å². The second-order valence-corrected chi connectivity index (χ2v) is 7.26. The fourth-order valence-corrected chi connectivity index (χ4v) is 4.86. The lowest BCUT2D eigenvalue weighted by atomic mass is 9.91. The molecule has 0 aliphatic heterocycles. The minimum absolute atomic E-state index is 0.447. The predicted molar refractivity (Wildman–Crippen MR) is 83.0 cm³/mol. The molecule has 0 bridgehead atoms. The van der Waals surface area contributed by atoms with E-state index in [9.17, 15) is 0 Å². The van der Waals surface area contributed by atoms with Crippen LogP contribution >= 0.6 is 23.1 Å². The molecule has 0 aromatic carbocycles. The van der Waals surface area contributed by atoms with Crippen LogP contribution in [-0.4, -0.2) is 11.8 Å². The Morgan fingerprint density at radius 3 is 3.17 bits per heavy atom. The number of rotatable bonds is 3. The molecule has 1 aliphatic rings. The summed E-state index contributed by atoms with van der Waals surface area (Å²) < 4.78 is 0. The SMILES string of the molecule is CC1CCCC(SCc2sccc2C#CCN)C1. The first-order valence-corrected chi connectivity index (χ1v) is 8.59. The number of nitrogens with two attached hydrogens (primary N) is 1. The summed E-state index contributed by atoms with van der Waals surface area (Å²) in [5.41, 5.74) is 6.61. The van der Waals surface area contributed by atoms with Gasteiger partial charge in [0.25, 0.3) is 0 Å². The Bertz CT molecular complexity index is 427. The largest absolute Gasteiger partial charge is 0.320 e. The highest BCUT2D eigenvalue weighted by Crippen LogP contribution is 2.34. The summed E-state index contributed by atoms with van der Waals surface area (Å²) in [5, 5.41) is 2.99. The van der Waals surface area contributed by atoms with Gasteiger partial charge in [0.2, 0.25) is 0 Å². The molecule has 1 nitrogen and oxygen atoms in total. The van der Waals surface area contributed by atoms with E-state index in [1.807, 2.05) is 11.3 Å². The number of thioether (sulfide) groups is 1. The predicted octanol–water partition coefficient (Wildman–Crippen LogP) is 3.87. The molecule has 0 radical (unpaired) electrons. The van der Waals surface area contributed by atoms with Gasteiger partial charge in [-0.3, -0.25) is 0 Å². The van der Waals surface area contributed by atoms with Gasteiger partial charge in [0, 0.05) is 21.4 Å². The van der Waals surface area contributed by atoms with Crippen LogP contribution in [0.4, 0.5) is 0 Å². The molecule has 18 heavy (non-hydrogen) atoms. The molecule has 2 rings (SSSR count). The van der Waals surface area contributed by atoms with Crippen molar-refractivity contribution in [2.45, 2.75) is 43.6 Å². The highest BCUT2D eigenvalue weighted by molar-refractivity contribution is 7.99. The Hall–Kier alpha value is -0.430. The molecular weight excluding hydrogens is 258 g/mol. The third-order valence-corrected chi connectivity index (χ3v) is 5.87. The molecule has 0 saturated heterocycles. The average molecular weight is 279 g/mol. The molecule has 2 unspecified atom stereocenters. The molecule has 1 saturated carbocycles. The lowest BCUT2D eigenvalue weighted by Gasteiger charge is -2.26. The van der Waals surface area contributed by atoms with Gasteiger partial charge in [-0.05, 0) is 30.2 Å². The molecule has 0 spiro atoms. The zero-order valence-electron chi connectivity index (χ0n) is 10.9. The summed E-state index contributed by atoms with van der Waals surface area (Å²) in [6.45, 7) is 2.83. The summed E-state index contributed by atoms with van der Waals surface area (Å²) in [6, 6.07) is 2.12. The van der Waals surface area contributed by atoms with Crippen LogP contribution in [0.1, 0.15) is 43.0 Å². The molecule has 98 valence electrons. The van der Waals surface area contributed by atoms with E-state index in [-0.39, 0.29) is 0 Å². The smallest absolute Gasteiger partial charge is 0.0555 e. The second-order valence-electron chi connectivity index (χ2n) is 4.97. The standard InChI is InChI=1S/C15H21NS2/c1-12-4-2-6-14(10-12)18-11-15-13(5-3-8-16)7-9-17-15/h7,9,12,14H,2,4,6,8,10-11,16H2,1H3. The van der Waals surface area contributed by atoms with E-state index >= 15 is 0 Å². The molecule has 2 N–H and O–H groups in total. The lowest BCUT2D eigenvalue weighted by molar-refractivity contribution is 0.394. The van der Waals surface area contributed by atoms with Gasteiger partial charge in [0.1, 0.15) is 0 Å². The molecule has 1 aromatic rings. The van der Waals surface area contributed by atoms with Gasteiger partial charge in [-0.15, -0.1) is 11.3 Å². The van der Waals surface area contributed by atoms with Crippen molar-refractivity contribution in [3.8, 4) is 11.8 Å². The maximum absolute atomic E-state index is 5.43. The van der Waals surface area contributed by atoms with E-state index in [1.165, 1.54) is 36.1 Å². The minimum atomic E-state index is 0.447. The molecule has 1 aliphatic carbocycles. The minimum Gasteiger partial charge on any atom is -0.320 e. The van der Waals surface area contributed by atoms with Gasteiger partial charge < -0.3 is 5.73 Å². The first kappa shape index (κ1) is 14.0. The van der Waals surface area contributed by atoms with Crippen molar-refractivity contribution < 1.29 is 0 Å². The summed E-state index contributed by atoms with van der Waals surface area (Å²) in [5.74, 6) is 8.15. The van der Waals surface area contributed by atoms with Crippen LogP contribution in [0.25, 0.3) is 0 Å². The second kappa shape index (κ2) is 7.23. The molecule has 1 fully saturated rings. The molecule has 1 aromatic heterocycles. The maximum Gasteiger partial charge on any atom is 0.0555 e. The molecule has 0 amide bonds. The average Bonchev–Trinajstić information content (AvgIpc) is 2.81. The highest BCUT2D eigenvalue weighted by atomic mass is 32.2. The third-order valence-electron chi connectivity index (χ3n) is 3.41. The van der Waals surface area contributed by atoms with Crippen molar-refractivity contribution in [2.75, 3.05) is 6.54 Å². The molecule has 2 atom stereocenters. The zero-order valence-corrected chi connectivity index (χ0v) is 12.6. The first-order valence-electron chi connectivity index (χ1n) is 6.66. The van der Waals surface area contributed by atoms with Crippen molar-refractivity contribution >= 4 is 23.1 Å². The number of hydrogen-bond acceptors (Lipinski definition) is 3. The van der Waals surface area contributed by atoms with Crippen LogP contribution in [0.2, 0.25) is 0 Å². The van der Waals surface area contributed by atoms with E-state index < -0.39 is 0 Å². The Morgan fingerprint density at radius 1 is 1.50 bits per heavy atom. The summed E-state index contributed by atoms with van der Waals surface area (Å²) in [6.07, 6.45) is 5.61. The Balaban J connectivity index is 1.88. The van der Waals surface area contributed by atoms with Crippen LogP contribution in [0, 0.1) is 17.8 Å². The van der Waals surface area contributed by atoms with E-state index in [4.69, 9.17) is 5.73 Å². The van der Waals surface area contributed by atoms with Gasteiger partial charge in [0.05, 0.1) is 6.54 Å². The van der Waals surface area contributed by atoms with Crippen molar-refractivity contribution in [2.24, 2.45) is 11.7 Å². The lowest BCUT2D eigenvalue weighted by Crippen LogP contribution is -2.15. The summed E-state index contributed by atoms with van der Waals surface area (Å²) in [7, 11) is 0. The Kier molecular flexibility index (Phi) is 5.62. The fraction of sp³-hybridized carbons (Fsp3) is 0.600. The van der Waals surface area contributed by atoms with Crippen molar-refractivity contribution in [1.29, 1.82) is 0 Å². The van der Waals surface area contributed by atoms with Gasteiger partial charge in [0.15, 0.2) is 0 Å². The van der Waals surface area contributed by atoms with E-state index in [2.05, 4.69) is 42.0 Å². The van der Waals surface area contributed by atoms with Crippen LogP contribution in [0.3, 0.4) is 0 Å².